The second-order valence-corrected chi connectivity index (χ2v) is 2.34. The van der Waals surface area contributed by atoms with E-state index < -0.39 is 0 Å². The molecule has 0 saturated heterocycles. The quantitative estimate of drug-likeness (QED) is 0.508. The molecule has 0 N–H and O–H groups in total. The van der Waals surface area contributed by atoms with Crippen molar-refractivity contribution in [1.29, 1.82) is 0 Å². The van der Waals surface area contributed by atoms with Crippen molar-refractivity contribution in [2.24, 2.45) is 0 Å². The summed E-state index contributed by atoms with van der Waals surface area (Å²) in [4.78, 5) is 4.06. The average molecular weight is 134 g/mol. The van der Waals surface area contributed by atoms with Crippen molar-refractivity contribution < 1.29 is 0 Å². The Balaban J connectivity index is 3.01. The molecule has 0 bridgehead atoms. The van der Waals surface area contributed by atoms with Crippen molar-refractivity contribution in [3.05, 3.63) is 23.9 Å². The molecule has 0 unspecified atom stereocenters. The maximum atomic E-state index is 4.06. The van der Waals surface area contributed by atoms with Crippen molar-refractivity contribution >= 4 is 15.6 Å². The Hall–Kier alpha value is -0.633. The summed E-state index contributed by atoms with van der Waals surface area (Å²) < 4.78 is 0. The van der Waals surface area contributed by atoms with Crippen LogP contribution >= 0.6 is 0 Å². The minimum Gasteiger partial charge on any atom is -0.267 e. The van der Waals surface area contributed by atoms with Gasteiger partial charge in [0.1, 0.15) is 0 Å². The maximum absolute atomic E-state index is 4.06. The zero-order chi connectivity index (χ0) is 6.69. The smallest absolute Gasteiger partial charge is 0.0998 e. The summed E-state index contributed by atoms with van der Waals surface area (Å²) in [5.74, 6) is 0. The van der Waals surface area contributed by atoms with Crippen LogP contribution in [0.1, 0.15) is 12.5 Å². The van der Waals surface area contributed by atoms with E-state index in [2.05, 4.69) is 28.2 Å². The van der Waals surface area contributed by atoms with E-state index in [0.717, 1.165) is 11.7 Å². The lowest BCUT2D eigenvalue weighted by atomic mass is 10.2. The van der Waals surface area contributed by atoms with Crippen LogP contribution in [0.2, 0.25) is 0 Å². The van der Waals surface area contributed by atoms with Crippen LogP contribution in [0.3, 0.4) is 0 Å². The highest BCUT2D eigenvalue weighted by Gasteiger charge is 1.91. The van der Waals surface area contributed by atoms with E-state index in [-0.39, 0.29) is 0 Å². The van der Waals surface area contributed by atoms with Crippen LogP contribution in [-0.2, 0) is 6.42 Å². The van der Waals surface area contributed by atoms with Crippen LogP contribution in [0, 0.1) is 0 Å². The van der Waals surface area contributed by atoms with E-state index in [1.54, 1.807) is 6.20 Å². The van der Waals surface area contributed by atoms with Gasteiger partial charge in [0.25, 0.3) is 0 Å². The Labute approximate surface area is 58.6 Å². The van der Waals surface area contributed by atoms with Crippen LogP contribution < -0.4 is 5.32 Å². The lowest BCUT2D eigenvalue weighted by Gasteiger charge is -1.97. The van der Waals surface area contributed by atoms with Crippen LogP contribution in [-0.4, -0.2) is 15.2 Å². The van der Waals surface area contributed by atoms with E-state index in [0.29, 0.717) is 0 Å². The third-order valence-electron chi connectivity index (χ3n) is 1.27. The second kappa shape index (κ2) is 2.78. The molecule has 0 saturated carbocycles. The van der Waals surface area contributed by atoms with Gasteiger partial charge in [-0.3, -0.25) is 4.98 Å². The second-order valence-electron chi connectivity index (χ2n) is 1.86. The topological polar surface area (TPSA) is 12.9 Å². The van der Waals surface area contributed by atoms with Gasteiger partial charge in [-0.2, -0.15) is 0 Å². The molecule has 2 heteroatoms. The molecule has 1 nitrogen and oxygen atoms in total. The van der Waals surface area contributed by atoms with Gasteiger partial charge in [-0.05, 0) is 18.1 Å². The Morgan fingerprint density at radius 2 is 2.44 bits per heavy atom. The van der Waals surface area contributed by atoms with Gasteiger partial charge in [0.2, 0.25) is 0 Å². The number of nitrogens with zero attached hydrogens (tertiary/aromatic N) is 1. The average Bonchev–Trinajstić information content (AvgIpc) is 1.89. The molecular formula is C7H8NSi. The van der Waals surface area contributed by atoms with E-state index in [9.17, 15) is 0 Å². The minimum atomic E-state index is 0.958. The molecule has 9 heavy (non-hydrogen) atoms. The molecule has 1 heterocycles. The summed E-state index contributed by atoms with van der Waals surface area (Å²) in [6.07, 6.45) is 2.81. The fraction of sp³-hybridized carbons (Fsp3) is 0.286. The van der Waals surface area contributed by atoms with Crippen molar-refractivity contribution in [2.45, 2.75) is 13.3 Å². The van der Waals surface area contributed by atoms with Crippen LogP contribution in [0.4, 0.5) is 0 Å². The minimum absolute atomic E-state index is 0.958. The van der Waals surface area contributed by atoms with Gasteiger partial charge in [0.15, 0.2) is 0 Å². The van der Waals surface area contributed by atoms with E-state index in [1.165, 1.54) is 5.56 Å². The molecule has 0 aromatic carbocycles. The molecule has 0 spiro atoms. The highest BCUT2D eigenvalue weighted by atomic mass is 28.1. The van der Waals surface area contributed by atoms with Crippen molar-refractivity contribution in [1.82, 2.24) is 4.98 Å². The SMILES string of the molecule is CCc1cccnc1[Si]. The predicted octanol–water partition coefficient (Wildman–Crippen LogP) is 0.438. The lowest BCUT2D eigenvalue weighted by Crippen LogP contribution is -2.12. The number of pyridine rings is 1. The number of hydrogen-bond acceptors (Lipinski definition) is 1. The monoisotopic (exact) mass is 134 g/mol. The van der Waals surface area contributed by atoms with Gasteiger partial charge >= 0.3 is 0 Å². The van der Waals surface area contributed by atoms with Crippen LogP contribution in [0.15, 0.2) is 18.3 Å². The Morgan fingerprint density at radius 1 is 1.67 bits per heavy atom. The zero-order valence-electron chi connectivity index (χ0n) is 5.39. The van der Waals surface area contributed by atoms with Gasteiger partial charge in [-0.15, -0.1) is 0 Å². The van der Waals surface area contributed by atoms with Crippen molar-refractivity contribution in [3.63, 3.8) is 0 Å². The molecule has 0 aliphatic heterocycles. The third kappa shape index (κ3) is 1.39. The van der Waals surface area contributed by atoms with E-state index >= 15 is 0 Å². The van der Waals surface area contributed by atoms with Gasteiger partial charge in [0, 0.05) is 11.5 Å². The summed E-state index contributed by atoms with van der Waals surface area (Å²) >= 11 is 0. The molecule has 0 amide bonds. The largest absolute Gasteiger partial charge is 0.267 e. The number of aromatic nitrogens is 1. The van der Waals surface area contributed by atoms with Gasteiger partial charge in [-0.25, -0.2) is 0 Å². The molecule has 0 aliphatic rings. The Bertz CT molecular complexity index is 198. The standard InChI is InChI=1S/C7H8NSi/c1-2-6-4-3-5-8-7(6)9/h3-5H,2H2,1H3. The first-order valence-corrected chi connectivity index (χ1v) is 3.50. The molecule has 45 valence electrons. The molecule has 1 aromatic heterocycles. The Morgan fingerprint density at radius 3 is 2.89 bits per heavy atom. The normalized spacial score (nSPS) is 9.56. The zero-order valence-corrected chi connectivity index (χ0v) is 6.39. The molecule has 1 rings (SSSR count). The molecule has 3 radical (unpaired) electrons. The first kappa shape index (κ1) is 6.49. The first-order chi connectivity index (χ1) is 4.34. The highest BCUT2D eigenvalue weighted by Crippen LogP contribution is 1.90. The van der Waals surface area contributed by atoms with Crippen LogP contribution in [0.25, 0.3) is 0 Å². The molecule has 1 aromatic rings. The lowest BCUT2D eigenvalue weighted by molar-refractivity contribution is 1.13. The summed E-state index contributed by atoms with van der Waals surface area (Å²) in [6.45, 7) is 2.11. The fourth-order valence-electron chi connectivity index (χ4n) is 0.724. The summed E-state index contributed by atoms with van der Waals surface area (Å²) in [5.41, 5.74) is 1.26. The molecule has 0 aliphatic carbocycles. The van der Waals surface area contributed by atoms with Gasteiger partial charge in [0.05, 0.1) is 10.2 Å². The predicted molar refractivity (Wildman–Crippen MR) is 39.0 cm³/mol. The van der Waals surface area contributed by atoms with Crippen LogP contribution in [0.5, 0.6) is 0 Å². The molecular weight excluding hydrogens is 126 g/mol. The maximum Gasteiger partial charge on any atom is 0.0998 e. The van der Waals surface area contributed by atoms with E-state index in [4.69, 9.17) is 0 Å². The van der Waals surface area contributed by atoms with E-state index in [1.807, 2.05) is 6.07 Å². The Kier molecular flexibility index (Phi) is 2.00. The first-order valence-electron chi connectivity index (χ1n) is 3.00. The van der Waals surface area contributed by atoms with Gasteiger partial charge < -0.3 is 0 Å². The van der Waals surface area contributed by atoms with Crippen molar-refractivity contribution in [3.8, 4) is 0 Å². The van der Waals surface area contributed by atoms with Crippen molar-refractivity contribution in [2.75, 3.05) is 0 Å². The molecule has 0 fully saturated rings. The number of hydrogen-bond donors (Lipinski definition) is 0. The number of aryl methyl sites for hydroxylation is 1. The third-order valence-corrected chi connectivity index (χ3v) is 1.72. The van der Waals surface area contributed by atoms with Gasteiger partial charge in [-0.1, -0.05) is 13.0 Å². The molecule has 0 atom stereocenters. The summed E-state index contributed by atoms with van der Waals surface area (Å²) in [5, 5.41) is 0.958. The summed E-state index contributed by atoms with van der Waals surface area (Å²) in [7, 11) is 3.39. The number of rotatable bonds is 1. The summed E-state index contributed by atoms with van der Waals surface area (Å²) in [6, 6.07) is 4.01. The fourth-order valence-corrected chi connectivity index (χ4v) is 1.06. The highest BCUT2D eigenvalue weighted by molar-refractivity contribution is 6.31.